The van der Waals surface area contributed by atoms with Crippen LogP contribution in [-0.4, -0.2) is 39.3 Å². The van der Waals surface area contributed by atoms with E-state index in [0.717, 1.165) is 5.56 Å². The SMILES string of the molecule is COc1ccccc1NS(=O)(=O)c1ccc(C(=O)N(C)Cc2ccc(C(N)=O)cc2)cc1. The molecule has 8 nitrogen and oxygen atoms in total. The van der Waals surface area contributed by atoms with Gasteiger partial charge in [-0.1, -0.05) is 24.3 Å². The number of nitrogens with one attached hydrogen (secondary N) is 1. The first-order valence-corrected chi connectivity index (χ1v) is 11.1. The Morgan fingerprint density at radius 2 is 1.53 bits per heavy atom. The summed E-state index contributed by atoms with van der Waals surface area (Å²) in [4.78, 5) is 25.4. The maximum absolute atomic E-state index is 12.7. The molecule has 2 amide bonds. The van der Waals surface area contributed by atoms with Crippen molar-refractivity contribution in [3.05, 3.63) is 89.5 Å². The van der Waals surface area contributed by atoms with Gasteiger partial charge in [0.25, 0.3) is 15.9 Å². The molecule has 166 valence electrons. The van der Waals surface area contributed by atoms with Crippen LogP contribution in [0.4, 0.5) is 5.69 Å². The summed E-state index contributed by atoms with van der Waals surface area (Å²) in [6, 6.07) is 19.0. The van der Waals surface area contributed by atoms with Crippen LogP contribution in [0.3, 0.4) is 0 Å². The number of carbonyl (C=O) groups is 2. The lowest BCUT2D eigenvalue weighted by atomic mass is 10.1. The average Bonchev–Trinajstić information content (AvgIpc) is 2.79. The molecule has 0 atom stereocenters. The summed E-state index contributed by atoms with van der Waals surface area (Å²) in [6.07, 6.45) is 0. The van der Waals surface area contributed by atoms with Gasteiger partial charge in [0, 0.05) is 24.7 Å². The van der Waals surface area contributed by atoms with Crippen molar-refractivity contribution >= 4 is 27.5 Å². The topological polar surface area (TPSA) is 119 Å². The smallest absolute Gasteiger partial charge is 0.262 e. The first kappa shape index (κ1) is 22.8. The summed E-state index contributed by atoms with van der Waals surface area (Å²) >= 11 is 0. The Labute approximate surface area is 186 Å². The third-order valence-corrected chi connectivity index (χ3v) is 6.15. The van der Waals surface area contributed by atoms with Crippen LogP contribution in [-0.2, 0) is 16.6 Å². The van der Waals surface area contributed by atoms with Crippen LogP contribution < -0.4 is 15.2 Å². The van der Waals surface area contributed by atoms with Crippen molar-refractivity contribution in [2.45, 2.75) is 11.4 Å². The highest BCUT2D eigenvalue weighted by atomic mass is 32.2. The fourth-order valence-electron chi connectivity index (χ4n) is 3.05. The number of rotatable bonds is 8. The minimum Gasteiger partial charge on any atom is -0.495 e. The second-order valence-corrected chi connectivity index (χ2v) is 8.73. The van der Waals surface area contributed by atoms with E-state index in [0.29, 0.717) is 29.1 Å². The lowest BCUT2D eigenvalue weighted by Crippen LogP contribution is -2.26. The third-order valence-electron chi connectivity index (χ3n) is 4.77. The van der Waals surface area contributed by atoms with Gasteiger partial charge in [-0.05, 0) is 54.1 Å². The lowest BCUT2D eigenvalue weighted by molar-refractivity contribution is 0.0784. The molecule has 3 N–H and O–H groups in total. The zero-order chi connectivity index (χ0) is 23.3. The number of nitrogens with two attached hydrogens (primary N) is 1. The van der Waals surface area contributed by atoms with Crippen LogP contribution in [0.15, 0.2) is 77.7 Å². The number of hydrogen-bond acceptors (Lipinski definition) is 5. The lowest BCUT2D eigenvalue weighted by Gasteiger charge is -2.18. The molecule has 0 bridgehead atoms. The van der Waals surface area contributed by atoms with Crippen LogP contribution in [0.1, 0.15) is 26.3 Å². The van der Waals surface area contributed by atoms with E-state index in [2.05, 4.69) is 4.72 Å². The van der Waals surface area contributed by atoms with Crippen molar-refractivity contribution in [1.82, 2.24) is 4.90 Å². The fourth-order valence-corrected chi connectivity index (χ4v) is 4.12. The van der Waals surface area contributed by atoms with E-state index in [4.69, 9.17) is 10.5 Å². The summed E-state index contributed by atoms with van der Waals surface area (Å²) in [5.41, 5.74) is 7.11. The quantitative estimate of drug-likeness (QED) is 0.544. The Hall–Kier alpha value is -3.85. The molecule has 9 heteroatoms. The van der Waals surface area contributed by atoms with E-state index in [1.165, 1.54) is 36.3 Å². The number of benzene rings is 3. The van der Waals surface area contributed by atoms with E-state index < -0.39 is 15.9 Å². The second-order valence-electron chi connectivity index (χ2n) is 7.05. The van der Waals surface area contributed by atoms with Gasteiger partial charge in [-0.3, -0.25) is 14.3 Å². The van der Waals surface area contributed by atoms with Gasteiger partial charge < -0.3 is 15.4 Å². The maximum atomic E-state index is 12.7. The number of para-hydroxylation sites is 2. The van der Waals surface area contributed by atoms with Gasteiger partial charge in [0.15, 0.2) is 0 Å². The molecule has 0 unspecified atom stereocenters. The minimum atomic E-state index is -3.86. The third kappa shape index (κ3) is 5.25. The molecule has 0 saturated heterocycles. The van der Waals surface area contributed by atoms with Gasteiger partial charge in [-0.15, -0.1) is 0 Å². The second kappa shape index (κ2) is 9.52. The normalized spacial score (nSPS) is 10.9. The number of ether oxygens (including phenoxy) is 1. The zero-order valence-electron chi connectivity index (χ0n) is 17.6. The number of amides is 2. The van der Waals surface area contributed by atoms with Crippen LogP contribution in [0.25, 0.3) is 0 Å². The predicted molar refractivity (Wildman–Crippen MR) is 121 cm³/mol. The van der Waals surface area contributed by atoms with Gasteiger partial charge in [0.05, 0.1) is 17.7 Å². The molecule has 0 aliphatic heterocycles. The minimum absolute atomic E-state index is 0.0182. The molecule has 0 saturated carbocycles. The summed E-state index contributed by atoms with van der Waals surface area (Å²) in [7, 11) is -0.769. The highest BCUT2D eigenvalue weighted by Gasteiger charge is 2.18. The van der Waals surface area contributed by atoms with Gasteiger partial charge in [0.1, 0.15) is 5.75 Å². The highest BCUT2D eigenvalue weighted by molar-refractivity contribution is 7.92. The van der Waals surface area contributed by atoms with Crippen molar-refractivity contribution in [3.8, 4) is 5.75 Å². The number of anilines is 1. The van der Waals surface area contributed by atoms with Crippen molar-refractivity contribution in [2.75, 3.05) is 18.9 Å². The van der Waals surface area contributed by atoms with Gasteiger partial charge >= 0.3 is 0 Å². The predicted octanol–water partition coefficient (Wildman–Crippen LogP) is 2.87. The molecular formula is C23H23N3O5S. The molecule has 0 aliphatic rings. The average molecular weight is 454 g/mol. The Morgan fingerprint density at radius 3 is 2.12 bits per heavy atom. The molecule has 0 radical (unpaired) electrons. The van der Waals surface area contributed by atoms with Crippen LogP contribution >= 0.6 is 0 Å². The molecule has 0 heterocycles. The van der Waals surface area contributed by atoms with Gasteiger partial charge in [0.2, 0.25) is 5.91 Å². The molecule has 3 rings (SSSR count). The van der Waals surface area contributed by atoms with Crippen molar-refractivity contribution in [2.24, 2.45) is 5.73 Å². The summed E-state index contributed by atoms with van der Waals surface area (Å²) in [5.74, 6) is -0.393. The summed E-state index contributed by atoms with van der Waals surface area (Å²) in [5, 5.41) is 0. The van der Waals surface area contributed by atoms with E-state index in [-0.39, 0.29) is 10.8 Å². The first-order chi connectivity index (χ1) is 15.2. The molecule has 3 aromatic rings. The van der Waals surface area contributed by atoms with E-state index >= 15 is 0 Å². The number of primary amides is 1. The maximum Gasteiger partial charge on any atom is 0.262 e. The largest absolute Gasteiger partial charge is 0.495 e. The molecule has 3 aromatic carbocycles. The monoisotopic (exact) mass is 453 g/mol. The Kier molecular flexibility index (Phi) is 6.79. The Bertz CT molecular complexity index is 1220. The molecular weight excluding hydrogens is 430 g/mol. The van der Waals surface area contributed by atoms with Crippen LogP contribution in [0, 0.1) is 0 Å². The summed E-state index contributed by atoms with van der Waals surface area (Å²) in [6.45, 7) is 0.313. The van der Waals surface area contributed by atoms with Crippen molar-refractivity contribution < 1.29 is 22.7 Å². The van der Waals surface area contributed by atoms with Crippen LogP contribution in [0.2, 0.25) is 0 Å². The number of hydrogen-bond donors (Lipinski definition) is 2. The summed E-state index contributed by atoms with van der Waals surface area (Å²) < 4.78 is 33.1. The number of sulfonamides is 1. The number of carbonyl (C=O) groups excluding carboxylic acids is 2. The van der Waals surface area contributed by atoms with Gasteiger partial charge in [-0.2, -0.15) is 0 Å². The first-order valence-electron chi connectivity index (χ1n) is 9.61. The van der Waals surface area contributed by atoms with Crippen molar-refractivity contribution in [3.63, 3.8) is 0 Å². The van der Waals surface area contributed by atoms with Gasteiger partial charge in [-0.25, -0.2) is 8.42 Å². The Balaban J connectivity index is 1.71. The number of methoxy groups -OCH3 is 1. The highest BCUT2D eigenvalue weighted by Crippen LogP contribution is 2.26. The molecule has 0 aromatic heterocycles. The fraction of sp³-hybridized carbons (Fsp3) is 0.130. The van der Waals surface area contributed by atoms with Crippen molar-refractivity contribution in [1.29, 1.82) is 0 Å². The molecule has 32 heavy (non-hydrogen) atoms. The standard InChI is InChI=1S/C23H23N3O5S/c1-26(15-16-7-9-17(10-8-16)22(24)27)23(28)18-11-13-19(14-12-18)32(29,30)25-20-5-3-4-6-21(20)31-2/h3-14,25H,15H2,1-2H3,(H2,24,27). The van der Waals surface area contributed by atoms with E-state index in [1.807, 2.05) is 0 Å². The molecule has 0 fully saturated rings. The van der Waals surface area contributed by atoms with Crippen LogP contribution in [0.5, 0.6) is 5.75 Å². The van der Waals surface area contributed by atoms with E-state index in [1.54, 1.807) is 55.6 Å². The number of nitrogens with zero attached hydrogens (tertiary/aromatic N) is 1. The Morgan fingerprint density at radius 1 is 0.938 bits per heavy atom. The molecule has 0 spiro atoms. The van der Waals surface area contributed by atoms with E-state index in [9.17, 15) is 18.0 Å². The molecule has 0 aliphatic carbocycles. The zero-order valence-corrected chi connectivity index (χ0v) is 18.4.